The van der Waals surface area contributed by atoms with Gasteiger partial charge in [0.1, 0.15) is 41.5 Å². The average Bonchev–Trinajstić information content (AvgIpc) is 2.66. The van der Waals surface area contributed by atoms with Crippen molar-refractivity contribution in [3.05, 3.63) is 23.8 Å². The molecule has 5 atom stereocenters. The van der Waals surface area contributed by atoms with Gasteiger partial charge in [0.05, 0.1) is 13.2 Å². The number of aliphatic hydroxyl groups is 4. The predicted octanol–water partition coefficient (Wildman–Crippen LogP) is 0.132. The van der Waals surface area contributed by atoms with E-state index in [4.69, 9.17) is 14.2 Å². The molecule has 152 valence electrons. The van der Waals surface area contributed by atoms with Crippen molar-refractivity contribution < 1.29 is 44.5 Å². The molecule has 27 heavy (non-hydrogen) atoms. The third-order valence-electron chi connectivity index (χ3n) is 4.29. The lowest BCUT2D eigenvalue weighted by Crippen LogP contribution is -2.60. The Kier molecular flexibility index (Phi) is 7.81. The Balaban J connectivity index is 2.11. The van der Waals surface area contributed by atoms with Crippen LogP contribution >= 0.6 is 0 Å². The van der Waals surface area contributed by atoms with Crippen LogP contribution in [0.1, 0.15) is 36.5 Å². The summed E-state index contributed by atoms with van der Waals surface area (Å²) in [6, 6.07) is 4.11. The maximum absolute atomic E-state index is 11.5. The number of carbonyl (C=O) groups is 1. The van der Waals surface area contributed by atoms with Gasteiger partial charge in [0, 0.05) is 0 Å². The summed E-state index contributed by atoms with van der Waals surface area (Å²) in [6.07, 6.45) is -4.38. The zero-order chi connectivity index (χ0) is 20.0. The Labute approximate surface area is 156 Å². The molecule has 9 heteroatoms. The summed E-state index contributed by atoms with van der Waals surface area (Å²) >= 11 is 0. The number of carboxylic acids is 1. The molecule has 0 bridgehead atoms. The minimum Gasteiger partial charge on any atom is -0.493 e. The summed E-state index contributed by atoms with van der Waals surface area (Å²) in [7, 11) is 0. The van der Waals surface area contributed by atoms with Crippen molar-refractivity contribution in [3.8, 4) is 11.5 Å². The van der Waals surface area contributed by atoms with Crippen LogP contribution in [0.2, 0.25) is 0 Å². The lowest BCUT2D eigenvalue weighted by atomic mass is 9.99. The van der Waals surface area contributed by atoms with E-state index in [0.29, 0.717) is 6.61 Å². The third kappa shape index (κ3) is 5.30. The van der Waals surface area contributed by atoms with Crippen LogP contribution in [0.5, 0.6) is 11.5 Å². The van der Waals surface area contributed by atoms with E-state index in [9.17, 15) is 30.3 Å². The number of rotatable bonds is 9. The standard InChI is InChI=1S/C18H26O9/c1-2-3-4-7-25-12-6-5-10(8-11(12)17(23)24)26-18-16(22)15(21)14(20)13(9-19)27-18/h5-6,8,13-16,18-22H,2-4,7,9H2,1H3,(H,23,24)/t13-,14-,15+,16-,18-/m1/s1. The third-order valence-corrected chi connectivity index (χ3v) is 4.29. The van der Waals surface area contributed by atoms with Gasteiger partial charge in [-0.25, -0.2) is 4.79 Å². The minimum absolute atomic E-state index is 0.0673. The topological polar surface area (TPSA) is 146 Å². The molecule has 1 heterocycles. The number of hydrogen-bond donors (Lipinski definition) is 5. The number of benzene rings is 1. The normalized spacial score (nSPS) is 28.0. The lowest BCUT2D eigenvalue weighted by Gasteiger charge is -2.39. The molecule has 0 spiro atoms. The predicted molar refractivity (Wildman–Crippen MR) is 92.8 cm³/mol. The Bertz CT molecular complexity index is 619. The van der Waals surface area contributed by atoms with E-state index < -0.39 is 43.3 Å². The second-order valence-corrected chi connectivity index (χ2v) is 6.33. The number of hydrogen-bond acceptors (Lipinski definition) is 8. The molecule has 5 N–H and O–H groups in total. The number of carboxylic acid groups (broad SMARTS) is 1. The molecule has 1 aliphatic rings. The van der Waals surface area contributed by atoms with Crippen LogP contribution in [0.4, 0.5) is 0 Å². The first-order valence-corrected chi connectivity index (χ1v) is 8.86. The molecule has 0 amide bonds. The highest BCUT2D eigenvalue weighted by Gasteiger charge is 2.44. The number of ether oxygens (including phenoxy) is 3. The molecule has 2 rings (SSSR count). The SMILES string of the molecule is CCCCCOc1ccc(O[C@@H]2O[C@H](CO)[C@@H](O)[C@H](O)[C@H]2O)cc1C(=O)O. The van der Waals surface area contributed by atoms with Gasteiger partial charge in [-0.2, -0.15) is 0 Å². The van der Waals surface area contributed by atoms with Crippen molar-refractivity contribution >= 4 is 5.97 Å². The molecule has 1 fully saturated rings. The fourth-order valence-electron chi connectivity index (χ4n) is 2.71. The smallest absolute Gasteiger partial charge is 0.339 e. The maximum Gasteiger partial charge on any atom is 0.339 e. The van der Waals surface area contributed by atoms with E-state index in [0.717, 1.165) is 19.3 Å². The van der Waals surface area contributed by atoms with Crippen molar-refractivity contribution in [2.45, 2.75) is 56.9 Å². The van der Waals surface area contributed by atoms with E-state index in [1.54, 1.807) is 0 Å². The average molecular weight is 386 g/mol. The summed E-state index contributed by atoms with van der Waals surface area (Å²) in [5, 5.41) is 48.1. The summed E-state index contributed by atoms with van der Waals surface area (Å²) in [4.78, 5) is 11.5. The fraction of sp³-hybridized carbons (Fsp3) is 0.611. The van der Waals surface area contributed by atoms with Gasteiger partial charge in [0.25, 0.3) is 0 Å². The van der Waals surface area contributed by atoms with Gasteiger partial charge < -0.3 is 39.7 Å². The van der Waals surface area contributed by atoms with Crippen LogP contribution in [-0.2, 0) is 4.74 Å². The largest absolute Gasteiger partial charge is 0.493 e. The van der Waals surface area contributed by atoms with E-state index in [-0.39, 0.29) is 17.1 Å². The van der Waals surface area contributed by atoms with Crippen molar-refractivity contribution in [3.63, 3.8) is 0 Å². The molecule has 0 aromatic heterocycles. The fourth-order valence-corrected chi connectivity index (χ4v) is 2.71. The van der Waals surface area contributed by atoms with Gasteiger partial charge in [-0.05, 0) is 24.6 Å². The maximum atomic E-state index is 11.5. The van der Waals surface area contributed by atoms with E-state index in [1.165, 1.54) is 18.2 Å². The van der Waals surface area contributed by atoms with Crippen LogP contribution < -0.4 is 9.47 Å². The summed E-state index contributed by atoms with van der Waals surface area (Å²) < 4.78 is 16.2. The van der Waals surface area contributed by atoms with Gasteiger partial charge in [0.2, 0.25) is 6.29 Å². The molecule has 1 aromatic carbocycles. The second-order valence-electron chi connectivity index (χ2n) is 6.33. The number of unbranched alkanes of at least 4 members (excludes halogenated alkanes) is 2. The quantitative estimate of drug-likeness (QED) is 0.374. The van der Waals surface area contributed by atoms with Gasteiger partial charge in [-0.3, -0.25) is 0 Å². The van der Waals surface area contributed by atoms with Gasteiger partial charge in [-0.1, -0.05) is 19.8 Å². The summed E-state index contributed by atoms with van der Waals surface area (Å²) in [6.45, 7) is 1.85. The molecular formula is C18H26O9. The van der Waals surface area contributed by atoms with Crippen LogP contribution in [0.25, 0.3) is 0 Å². The Morgan fingerprint density at radius 1 is 1.15 bits per heavy atom. The zero-order valence-corrected chi connectivity index (χ0v) is 15.0. The van der Waals surface area contributed by atoms with E-state index >= 15 is 0 Å². The molecule has 0 unspecified atom stereocenters. The Morgan fingerprint density at radius 2 is 1.89 bits per heavy atom. The van der Waals surface area contributed by atoms with Crippen LogP contribution in [-0.4, -0.2) is 75.4 Å². The van der Waals surface area contributed by atoms with Gasteiger partial charge in [-0.15, -0.1) is 0 Å². The zero-order valence-electron chi connectivity index (χ0n) is 15.0. The van der Waals surface area contributed by atoms with Crippen molar-refractivity contribution in [1.82, 2.24) is 0 Å². The number of aliphatic hydroxyl groups excluding tert-OH is 4. The highest BCUT2D eigenvalue weighted by atomic mass is 16.7. The van der Waals surface area contributed by atoms with Crippen molar-refractivity contribution in [2.24, 2.45) is 0 Å². The van der Waals surface area contributed by atoms with Crippen LogP contribution in [0.15, 0.2) is 18.2 Å². The molecule has 1 aromatic rings. The van der Waals surface area contributed by atoms with E-state index in [1.807, 2.05) is 6.92 Å². The Hall–Kier alpha value is -1.91. The van der Waals surface area contributed by atoms with Crippen molar-refractivity contribution in [2.75, 3.05) is 13.2 Å². The van der Waals surface area contributed by atoms with Gasteiger partial charge >= 0.3 is 5.97 Å². The van der Waals surface area contributed by atoms with Crippen molar-refractivity contribution in [1.29, 1.82) is 0 Å². The molecule has 9 nitrogen and oxygen atoms in total. The minimum atomic E-state index is -1.58. The van der Waals surface area contributed by atoms with Crippen LogP contribution in [0.3, 0.4) is 0 Å². The molecule has 1 aliphatic heterocycles. The first-order valence-electron chi connectivity index (χ1n) is 8.86. The number of aromatic carboxylic acids is 1. The second kappa shape index (κ2) is 9.86. The van der Waals surface area contributed by atoms with Crippen LogP contribution in [0, 0.1) is 0 Å². The molecule has 0 saturated carbocycles. The first kappa shape index (κ1) is 21.4. The van der Waals surface area contributed by atoms with Gasteiger partial charge in [0.15, 0.2) is 0 Å². The Morgan fingerprint density at radius 3 is 2.52 bits per heavy atom. The monoisotopic (exact) mass is 386 g/mol. The molecular weight excluding hydrogens is 360 g/mol. The lowest BCUT2D eigenvalue weighted by molar-refractivity contribution is -0.277. The summed E-state index contributed by atoms with van der Waals surface area (Å²) in [5.74, 6) is -0.947. The first-order chi connectivity index (χ1) is 12.9. The highest BCUT2D eigenvalue weighted by molar-refractivity contribution is 5.91. The molecule has 1 saturated heterocycles. The molecule has 0 aliphatic carbocycles. The highest BCUT2D eigenvalue weighted by Crippen LogP contribution is 2.28. The summed E-state index contributed by atoms with van der Waals surface area (Å²) in [5.41, 5.74) is -0.117. The van der Waals surface area contributed by atoms with E-state index in [2.05, 4.69) is 0 Å². The molecule has 0 radical (unpaired) electrons.